The van der Waals surface area contributed by atoms with E-state index in [1.807, 2.05) is 31.2 Å². The van der Waals surface area contributed by atoms with Crippen LogP contribution in [0.25, 0.3) is 0 Å². The van der Waals surface area contributed by atoms with E-state index >= 15 is 0 Å². The number of pyridine rings is 1. The Kier molecular flexibility index (Phi) is 7.15. The maximum atomic E-state index is 13.7. The molecule has 0 amide bonds. The van der Waals surface area contributed by atoms with Gasteiger partial charge in [-0.1, -0.05) is 25.1 Å². The van der Waals surface area contributed by atoms with Crippen LogP contribution >= 0.6 is 0 Å². The van der Waals surface area contributed by atoms with Crippen LogP contribution in [0.15, 0.2) is 48.2 Å². The third-order valence-electron chi connectivity index (χ3n) is 8.51. The van der Waals surface area contributed by atoms with E-state index in [-0.39, 0.29) is 35.8 Å². The number of cyclic esters (lactones) is 1. The molecule has 1 aromatic heterocycles. The Morgan fingerprint density at radius 1 is 1.26 bits per heavy atom. The van der Waals surface area contributed by atoms with Gasteiger partial charge in [-0.2, -0.15) is 0 Å². The zero-order chi connectivity index (χ0) is 25.2. The van der Waals surface area contributed by atoms with E-state index in [4.69, 9.17) is 14.2 Å². The van der Waals surface area contributed by atoms with Gasteiger partial charge in [-0.3, -0.25) is 14.6 Å². The first-order chi connectivity index (χ1) is 16.7. The molecule has 0 radical (unpaired) electrons. The first kappa shape index (κ1) is 25.1. The van der Waals surface area contributed by atoms with Gasteiger partial charge in [-0.05, 0) is 80.9 Å². The molecule has 2 aliphatic carbocycles. The van der Waals surface area contributed by atoms with E-state index < -0.39 is 17.5 Å². The molecular formula is C28H35NO6. The average molecular weight is 482 g/mol. The molecule has 1 aliphatic heterocycles. The molecule has 0 aromatic carbocycles. The molecule has 5 atom stereocenters. The van der Waals surface area contributed by atoms with Crippen molar-refractivity contribution >= 4 is 17.9 Å². The van der Waals surface area contributed by atoms with Crippen LogP contribution in [-0.4, -0.2) is 35.6 Å². The van der Waals surface area contributed by atoms with Crippen LogP contribution < -0.4 is 0 Å². The van der Waals surface area contributed by atoms with Crippen LogP contribution in [0.5, 0.6) is 0 Å². The Morgan fingerprint density at radius 3 is 2.71 bits per heavy atom. The van der Waals surface area contributed by atoms with E-state index in [1.54, 1.807) is 6.20 Å². The topological polar surface area (TPSA) is 91.8 Å². The molecule has 1 aromatic rings. The Morgan fingerprint density at radius 2 is 2.06 bits per heavy atom. The van der Waals surface area contributed by atoms with Crippen LogP contribution in [0.4, 0.5) is 0 Å². The molecule has 7 nitrogen and oxygen atoms in total. The van der Waals surface area contributed by atoms with Crippen molar-refractivity contribution in [2.24, 2.45) is 22.7 Å². The quantitative estimate of drug-likeness (QED) is 0.316. The van der Waals surface area contributed by atoms with Crippen molar-refractivity contribution in [2.45, 2.75) is 72.0 Å². The molecule has 7 heteroatoms. The van der Waals surface area contributed by atoms with Gasteiger partial charge >= 0.3 is 17.9 Å². The number of rotatable bonds is 7. The van der Waals surface area contributed by atoms with Crippen molar-refractivity contribution in [3.05, 3.63) is 53.9 Å². The fourth-order valence-electron chi connectivity index (χ4n) is 6.71. The van der Waals surface area contributed by atoms with Gasteiger partial charge in [0.15, 0.2) is 0 Å². The lowest BCUT2D eigenvalue weighted by molar-refractivity contribution is -0.200. The molecule has 0 bridgehead atoms. The Bertz CT molecular complexity index is 1030. The van der Waals surface area contributed by atoms with Crippen LogP contribution in [0.2, 0.25) is 0 Å². The number of hydrogen-bond donors (Lipinski definition) is 0. The minimum Gasteiger partial charge on any atom is -0.461 e. The highest BCUT2D eigenvalue weighted by Gasteiger charge is 2.63. The second-order valence-corrected chi connectivity index (χ2v) is 10.5. The van der Waals surface area contributed by atoms with Crippen molar-refractivity contribution in [3.8, 4) is 0 Å². The average Bonchev–Trinajstić information content (AvgIpc) is 3.24. The fraction of sp³-hybridized carbons (Fsp3) is 0.571. The first-order valence-corrected chi connectivity index (χ1v) is 12.4. The first-order valence-electron chi connectivity index (χ1n) is 12.4. The van der Waals surface area contributed by atoms with Crippen LogP contribution in [-0.2, 0) is 35.2 Å². The molecule has 3 aliphatic rings. The van der Waals surface area contributed by atoms with Crippen LogP contribution in [0.3, 0.4) is 0 Å². The molecular weight excluding hydrogens is 446 g/mol. The molecule has 0 unspecified atom stereocenters. The predicted molar refractivity (Wildman–Crippen MR) is 129 cm³/mol. The van der Waals surface area contributed by atoms with E-state index in [1.165, 1.54) is 6.92 Å². The summed E-state index contributed by atoms with van der Waals surface area (Å²) < 4.78 is 16.6. The second-order valence-electron chi connectivity index (χ2n) is 10.5. The Hall–Kier alpha value is -2.96. The summed E-state index contributed by atoms with van der Waals surface area (Å²) in [5.74, 6) is -0.930. The maximum Gasteiger partial charge on any atom is 0.334 e. The van der Waals surface area contributed by atoms with Gasteiger partial charge in [0.25, 0.3) is 0 Å². The number of aromatic nitrogens is 1. The van der Waals surface area contributed by atoms with Gasteiger partial charge in [0, 0.05) is 18.7 Å². The second kappa shape index (κ2) is 9.96. The lowest BCUT2D eigenvalue weighted by atomic mass is 9.46. The number of fused-ring (bicyclic) bond motifs is 1. The third kappa shape index (κ3) is 4.78. The van der Waals surface area contributed by atoms with Crippen molar-refractivity contribution in [1.82, 2.24) is 4.98 Å². The van der Waals surface area contributed by atoms with Gasteiger partial charge in [0.05, 0.1) is 5.69 Å². The molecule has 188 valence electrons. The number of esters is 3. The zero-order valence-electron chi connectivity index (χ0n) is 20.9. The summed E-state index contributed by atoms with van der Waals surface area (Å²) in [5.41, 5.74) is 1.30. The highest BCUT2D eigenvalue weighted by Crippen LogP contribution is 2.63. The Labute approximate surface area is 206 Å². The molecule has 0 spiro atoms. The molecule has 4 rings (SSSR count). The third-order valence-corrected chi connectivity index (χ3v) is 8.51. The normalized spacial score (nSPS) is 32.3. The number of nitrogens with zero attached hydrogens (tertiary/aromatic N) is 1. The standard InChI is InChI=1S/C28H35NO6/c1-18-8-11-23-27(3,22(18)10-9-20-13-16-33-25(20)31)14-12-24(35-19(2)30)28(23,4)26(32)34-17-21-7-5-6-15-29-21/h5-7,13,15,22-24H,1,8-12,14,16-17H2,2-4H3/t22-,23+,24-,27+,28+/m1/s1. The number of carbonyl (C=O) groups is 3. The van der Waals surface area contributed by atoms with Gasteiger partial charge in [-0.25, -0.2) is 4.79 Å². The minimum atomic E-state index is -1.00. The summed E-state index contributed by atoms with van der Waals surface area (Å²) in [4.78, 5) is 42.0. The van der Waals surface area contributed by atoms with Crippen molar-refractivity contribution < 1.29 is 28.6 Å². The van der Waals surface area contributed by atoms with Crippen molar-refractivity contribution in [2.75, 3.05) is 6.61 Å². The van der Waals surface area contributed by atoms with Crippen LogP contribution in [0.1, 0.15) is 65.0 Å². The van der Waals surface area contributed by atoms with Gasteiger partial charge in [0.2, 0.25) is 0 Å². The van der Waals surface area contributed by atoms with Gasteiger partial charge in [-0.15, -0.1) is 0 Å². The van der Waals surface area contributed by atoms with Crippen molar-refractivity contribution in [3.63, 3.8) is 0 Å². The van der Waals surface area contributed by atoms with E-state index in [0.717, 1.165) is 36.8 Å². The van der Waals surface area contributed by atoms with E-state index in [0.29, 0.717) is 25.1 Å². The predicted octanol–water partition coefficient (Wildman–Crippen LogP) is 4.71. The smallest absolute Gasteiger partial charge is 0.334 e. The number of ether oxygens (including phenoxy) is 3. The SMILES string of the molecule is C=C1CC[C@H]2[C@@](C)(CC[C@@H](OC(C)=O)[C@@]2(C)C(=O)OCc2ccccn2)[C@@H]1CCC1=CCOC1=O. The summed E-state index contributed by atoms with van der Waals surface area (Å²) in [6.45, 7) is 10.3. The lowest BCUT2D eigenvalue weighted by Gasteiger charge is -2.59. The van der Waals surface area contributed by atoms with Gasteiger partial charge in [0.1, 0.15) is 24.7 Å². The fourth-order valence-corrected chi connectivity index (χ4v) is 6.71. The largest absolute Gasteiger partial charge is 0.461 e. The molecule has 2 fully saturated rings. The minimum absolute atomic E-state index is 0.0654. The highest BCUT2D eigenvalue weighted by atomic mass is 16.6. The number of hydrogen-bond acceptors (Lipinski definition) is 7. The summed E-state index contributed by atoms with van der Waals surface area (Å²) in [6, 6.07) is 5.48. The van der Waals surface area contributed by atoms with Crippen LogP contribution in [0, 0.1) is 22.7 Å². The summed E-state index contributed by atoms with van der Waals surface area (Å²) in [5, 5.41) is 0. The molecule has 2 saturated carbocycles. The lowest BCUT2D eigenvalue weighted by Crippen LogP contribution is -2.60. The number of carbonyl (C=O) groups excluding carboxylic acids is 3. The summed E-state index contributed by atoms with van der Waals surface area (Å²) >= 11 is 0. The zero-order valence-corrected chi connectivity index (χ0v) is 20.9. The van der Waals surface area contributed by atoms with E-state index in [9.17, 15) is 14.4 Å². The monoisotopic (exact) mass is 481 g/mol. The summed E-state index contributed by atoms with van der Waals surface area (Å²) in [6.07, 6.45) is 7.26. The van der Waals surface area contributed by atoms with Gasteiger partial charge < -0.3 is 14.2 Å². The molecule has 35 heavy (non-hydrogen) atoms. The molecule has 2 heterocycles. The molecule has 0 saturated heterocycles. The van der Waals surface area contributed by atoms with Crippen molar-refractivity contribution in [1.29, 1.82) is 0 Å². The highest BCUT2D eigenvalue weighted by molar-refractivity contribution is 5.90. The molecule has 0 N–H and O–H groups in total. The van der Waals surface area contributed by atoms with E-state index in [2.05, 4.69) is 18.5 Å². The summed E-state index contributed by atoms with van der Waals surface area (Å²) in [7, 11) is 0. The Balaban J connectivity index is 1.61. The number of allylic oxidation sites excluding steroid dienone is 1. The maximum absolute atomic E-state index is 13.7.